The zero-order valence-corrected chi connectivity index (χ0v) is 8.80. The highest BCUT2D eigenvalue weighted by atomic mass is 32.2. The third-order valence-electron chi connectivity index (χ3n) is 2.19. The van der Waals surface area contributed by atoms with Crippen LogP contribution >= 0.6 is 0 Å². The molecule has 0 unspecified atom stereocenters. The first-order valence-electron chi connectivity index (χ1n) is 4.23. The molecule has 5 nitrogen and oxygen atoms in total. The van der Waals surface area contributed by atoms with Gasteiger partial charge in [0, 0.05) is 0 Å². The lowest BCUT2D eigenvalue weighted by Gasteiger charge is -2.01. The van der Waals surface area contributed by atoms with Crippen molar-refractivity contribution in [3.63, 3.8) is 0 Å². The van der Waals surface area contributed by atoms with Crippen LogP contribution in [0.15, 0.2) is 23.1 Å². The Labute approximate surface area is 87.0 Å². The summed E-state index contributed by atoms with van der Waals surface area (Å²) in [6.07, 6.45) is 0. The average molecular weight is 227 g/mol. The minimum Gasteiger partial charge on any atom is -0.465 e. The molecule has 0 radical (unpaired) electrons. The van der Waals surface area contributed by atoms with Crippen LogP contribution in [0.3, 0.4) is 0 Å². The molecule has 1 aromatic carbocycles. The molecule has 0 amide bonds. The number of hydrogen-bond donors (Lipinski definition) is 1. The lowest BCUT2D eigenvalue weighted by molar-refractivity contribution is 0.0600. The predicted molar refractivity (Wildman–Crippen MR) is 53.5 cm³/mol. The number of methoxy groups -OCH3 is 1. The molecule has 0 fully saturated rings. The maximum atomic E-state index is 11.4. The van der Waals surface area contributed by atoms with Gasteiger partial charge in [-0.1, -0.05) is 0 Å². The van der Waals surface area contributed by atoms with Crippen LogP contribution in [0.4, 0.5) is 5.69 Å². The van der Waals surface area contributed by atoms with Crippen LogP contribution < -0.4 is 5.32 Å². The lowest BCUT2D eigenvalue weighted by Crippen LogP contribution is -2.02. The summed E-state index contributed by atoms with van der Waals surface area (Å²) in [6.45, 7) is 0. The summed E-state index contributed by atoms with van der Waals surface area (Å²) in [4.78, 5) is 11.4. The normalized spacial score (nSPS) is 16.6. The second kappa shape index (κ2) is 3.23. The van der Waals surface area contributed by atoms with Crippen LogP contribution in [-0.4, -0.2) is 27.4 Å². The van der Waals surface area contributed by atoms with Gasteiger partial charge in [-0.3, -0.25) is 0 Å². The molecule has 0 aromatic heterocycles. The number of nitrogens with one attached hydrogen (secondary N) is 1. The highest BCUT2D eigenvalue weighted by Gasteiger charge is 2.26. The van der Waals surface area contributed by atoms with Crippen LogP contribution in [0.25, 0.3) is 0 Å². The maximum absolute atomic E-state index is 11.4. The number of sulfone groups is 1. The van der Waals surface area contributed by atoms with Crippen molar-refractivity contribution in [1.29, 1.82) is 0 Å². The molecule has 80 valence electrons. The molecule has 0 saturated heterocycles. The number of rotatable bonds is 1. The number of ether oxygens (including phenoxy) is 1. The highest BCUT2D eigenvalue weighted by Crippen LogP contribution is 2.29. The second-order valence-electron chi connectivity index (χ2n) is 3.14. The van der Waals surface area contributed by atoms with Crippen LogP contribution in [0, 0.1) is 0 Å². The number of carbonyl (C=O) groups excluding carboxylic acids is 1. The fourth-order valence-corrected chi connectivity index (χ4v) is 2.68. The predicted octanol–water partition coefficient (Wildman–Crippen LogP) is 0.630. The number of benzene rings is 1. The summed E-state index contributed by atoms with van der Waals surface area (Å²) < 4.78 is 27.4. The van der Waals surface area contributed by atoms with Crippen molar-refractivity contribution in [2.75, 3.05) is 18.3 Å². The van der Waals surface area contributed by atoms with Crippen LogP contribution in [0.5, 0.6) is 0 Å². The molecule has 0 spiro atoms. The molecule has 0 atom stereocenters. The fourth-order valence-electron chi connectivity index (χ4n) is 1.43. The molecule has 2 rings (SSSR count). The second-order valence-corrected chi connectivity index (χ2v) is 5.10. The quantitative estimate of drug-likeness (QED) is 0.712. The summed E-state index contributed by atoms with van der Waals surface area (Å²) in [5.41, 5.74) is 0.791. The van der Waals surface area contributed by atoms with Gasteiger partial charge in [-0.15, -0.1) is 0 Å². The van der Waals surface area contributed by atoms with Crippen molar-refractivity contribution in [3.05, 3.63) is 23.8 Å². The van der Waals surface area contributed by atoms with E-state index < -0.39 is 15.8 Å². The number of anilines is 1. The smallest absolute Gasteiger partial charge is 0.337 e. The maximum Gasteiger partial charge on any atom is 0.337 e. The first-order chi connectivity index (χ1) is 7.04. The van der Waals surface area contributed by atoms with E-state index in [-0.39, 0.29) is 10.8 Å². The van der Waals surface area contributed by atoms with Gasteiger partial charge in [-0.25, -0.2) is 13.2 Å². The van der Waals surface area contributed by atoms with E-state index in [0.717, 1.165) is 0 Å². The van der Waals surface area contributed by atoms with Gasteiger partial charge in [-0.2, -0.15) is 0 Å². The summed E-state index contributed by atoms with van der Waals surface area (Å²) in [5, 5.41) is 2.71. The van der Waals surface area contributed by atoms with Gasteiger partial charge in [0.05, 0.1) is 23.3 Å². The molecular weight excluding hydrogens is 218 g/mol. The van der Waals surface area contributed by atoms with Crippen LogP contribution in [-0.2, 0) is 14.6 Å². The Bertz CT molecular complexity index is 521. The van der Waals surface area contributed by atoms with Crippen LogP contribution in [0.1, 0.15) is 10.4 Å². The average Bonchev–Trinajstić information content (AvgIpc) is 2.53. The Kier molecular flexibility index (Phi) is 2.15. The standard InChI is InChI=1S/C9H9NO4S/c1-14-9(11)6-2-3-8-7(4-6)10-5-15(8,12)13/h2-4,10H,5H2,1H3. The van der Waals surface area contributed by atoms with E-state index in [0.29, 0.717) is 11.3 Å². The van der Waals surface area contributed by atoms with Crippen molar-refractivity contribution >= 4 is 21.5 Å². The lowest BCUT2D eigenvalue weighted by atomic mass is 10.2. The van der Waals surface area contributed by atoms with Crippen molar-refractivity contribution < 1.29 is 17.9 Å². The zero-order chi connectivity index (χ0) is 11.1. The molecule has 0 aliphatic carbocycles. The Morgan fingerprint density at radius 2 is 2.20 bits per heavy atom. The Morgan fingerprint density at radius 1 is 1.47 bits per heavy atom. The van der Waals surface area contributed by atoms with E-state index in [4.69, 9.17) is 0 Å². The number of esters is 1. The van der Waals surface area contributed by atoms with Gasteiger partial charge in [0.25, 0.3) is 0 Å². The van der Waals surface area contributed by atoms with E-state index in [2.05, 4.69) is 10.1 Å². The largest absolute Gasteiger partial charge is 0.465 e. The van der Waals surface area contributed by atoms with E-state index in [9.17, 15) is 13.2 Å². The van der Waals surface area contributed by atoms with Crippen molar-refractivity contribution in [1.82, 2.24) is 0 Å². The first-order valence-corrected chi connectivity index (χ1v) is 5.89. The Morgan fingerprint density at radius 3 is 2.87 bits per heavy atom. The van der Waals surface area contributed by atoms with E-state index >= 15 is 0 Å². The Hall–Kier alpha value is -1.56. The molecule has 1 aromatic rings. The minimum absolute atomic E-state index is 0.118. The van der Waals surface area contributed by atoms with E-state index in [1.807, 2.05) is 0 Å². The molecule has 6 heteroatoms. The first kappa shape index (κ1) is 9.97. The van der Waals surface area contributed by atoms with Gasteiger partial charge in [0.1, 0.15) is 5.88 Å². The topological polar surface area (TPSA) is 72.5 Å². The molecule has 1 aliphatic rings. The minimum atomic E-state index is -3.22. The van der Waals surface area contributed by atoms with Crippen molar-refractivity contribution in [2.24, 2.45) is 0 Å². The van der Waals surface area contributed by atoms with Crippen molar-refractivity contribution in [2.45, 2.75) is 4.90 Å². The molecule has 0 bridgehead atoms. The zero-order valence-electron chi connectivity index (χ0n) is 7.98. The molecule has 1 N–H and O–H groups in total. The highest BCUT2D eigenvalue weighted by molar-refractivity contribution is 7.92. The molecule has 1 aliphatic heterocycles. The van der Waals surface area contributed by atoms with Gasteiger partial charge < -0.3 is 10.1 Å². The fraction of sp³-hybridized carbons (Fsp3) is 0.222. The number of hydrogen-bond acceptors (Lipinski definition) is 5. The SMILES string of the molecule is COC(=O)c1ccc2c(c1)NCS2(=O)=O. The van der Waals surface area contributed by atoms with E-state index in [1.54, 1.807) is 0 Å². The summed E-state index contributed by atoms with van der Waals surface area (Å²) in [6, 6.07) is 4.33. The molecule has 15 heavy (non-hydrogen) atoms. The third kappa shape index (κ3) is 1.56. The molecule has 1 heterocycles. The summed E-state index contributed by atoms with van der Waals surface area (Å²) >= 11 is 0. The monoisotopic (exact) mass is 227 g/mol. The van der Waals surface area contributed by atoms with Gasteiger partial charge in [0.15, 0.2) is 9.84 Å². The van der Waals surface area contributed by atoms with E-state index in [1.165, 1.54) is 25.3 Å². The van der Waals surface area contributed by atoms with Gasteiger partial charge in [0.2, 0.25) is 0 Å². The molecular formula is C9H9NO4S. The third-order valence-corrected chi connectivity index (χ3v) is 3.74. The van der Waals surface area contributed by atoms with Gasteiger partial charge in [-0.05, 0) is 18.2 Å². The van der Waals surface area contributed by atoms with Gasteiger partial charge >= 0.3 is 5.97 Å². The summed E-state index contributed by atoms with van der Waals surface area (Å²) in [5.74, 6) is -0.601. The van der Waals surface area contributed by atoms with Crippen molar-refractivity contribution in [3.8, 4) is 0 Å². The van der Waals surface area contributed by atoms with Crippen LogP contribution in [0.2, 0.25) is 0 Å². The molecule has 0 saturated carbocycles. The summed E-state index contributed by atoms with van der Waals surface area (Å²) in [7, 11) is -1.94. The Balaban J connectivity index is 2.51. The number of carbonyl (C=O) groups is 1. The number of fused-ring (bicyclic) bond motifs is 1.